The van der Waals surface area contributed by atoms with E-state index >= 15 is 0 Å². The smallest absolute Gasteiger partial charge is 0.276 e. The molecule has 1 amide bonds. The van der Waals surface area contributed by atoms with Gasteiger partial charge in [-0.1, -0.05) is 25.0 Å². The molecule has 2 saturated carbocycles. The molecule has 7 nitrogen and oxygen atoms in total. The van der Waals surface area contributed by atoms with E-state index in [1.54, 1.807) is 0 Å². The minimum atomic E-state index is 0.0493. The van der Waals surface area contributed by atoms with E-state index in [2.05, 4.69) is 34.4 Å². The number of rotatable bonds is 7. The van der Waals surface area contributed by atoms with Crippen molar-refractivity contribution in [2.45, 2.75) is 83.4 Å². The number of piperidine rings is 1. The fourth-order valence-electron chi connectivity index (χ4n) is 5.70. The van der Waals surface area contributed by atoms with Crippen LogP contribution in [0.15, 0.2) is 6.20 Å². The lowest BCUT2D eigenvalue weighted by atomic mass is 9.59. The molecular weight excluding hydrogens is 354 g/mol. The summed E-state index contributed by atoms with van der Waals surface area (Å²) in [6.07, 6.45) is 11.0. The summed E-state index contributed by atoms with van der Waals surface area (Å²) in [5, 5.41) is 12.0. The van der Waals surface area contributed by atoms with Gasteiger partial charge in [0.25, 0.3) is 5.91 Å². The molecule has 2 heterocycles. The highest BCUT2D eigenvalue weighted by Crippen LogP contribution is 2.56. The Morgan fingerprint density at radius 1 is 1.32 bits per heavy atom. The van der Waals surface area contributed by atoms with Gasteiger partial charge in [-0.05, 0) is 58.5 Å². The molecule has 2 aliphatic carbocycles. The van der Waals surface area contributed by atoms with Crippen LogP contribution in [0.2, 0.25) is 0 Å². The van der Waals surface area contributed by atoms with Gasteiger partial charge < -0.3 is 15.0 Å². The van der Waals surface area contributed by atoms with Crippen LogP contribution in [0.25, 0.3) is 0 Å². The zero-order chi connectivity index (χ0) is 19.6. The lowest BCUT2D eigenvalue weighted by Crippen LogP contribution is -2.65. The molecule has 7 heteroatoms. The zero-order valence-electron chi connectivity index (χ0n) is 17.4. The molecule has 0 aromatic carbocycles. The summed E-state index contributed by atoms with van der Waals surface area (Å²) in [7, 11) is 0. The van der Waals surface area contributed by atoms with E-state index in [-0.39, 0.29) is 17.4 Å². The molecule has 1 aromatic heterocycles. The van der Waals surface area contributed by atoms with Gasteiger partial charge in [0.05, 0.1) is 18.3 Å². The van der Waals surface area contributed by atoms with Crippen LogP contribution in [0.3, 0.4) is 0 Å². The van der Waals surface area contributed by atoms with Crippen molar-refractivity contribution >= 4 is 5.91 Å². The van der Waals surface area contributed by atoms with E-state index in [1.165, 1.54) is 25.7 Å². The van der Waals surface area contributed by atoms with Gasteiger partial charge in [-0.3, -0.25) is 4.79 Å². The van der Waals surface area contributed by atoms with Gasteiger partial charge in [0.2, 0.25) is 0 Å². The third-order valence-corrected chi connectivity index (χ3v) is 7.16. The van der Waals surface area contributed by atoms with Crippen LogP contribution in [0.1, 0.15) is 81.7 Å². The molecule has 3 fully saturated rings. The number of hydrogen-bond acceptors (Lipinski definition) is 5. The number of amides is 1. The highest BCUT2D eigenvalue weighted by molar-refractivity contribution is 5.92. The second-order valence-corrected chi connectivity index (χ2v) is 8.70. The lowest BCUT2D eigenvalue weighted by Gasteiger charge is -2.57. The van der Waals surface area contributed by atoms with Gasteiger partial charge in [-0.25, -0.2) is 4.68 Å². The number of hydrogen-bond donors (Lipinski definition) is 1. The minimum Gasteiger partial charge on any atom is -0.378 e. The van der Waals surface area contributed by atoms with Crippen molar-refractivity contribution in [2.24, 2.45) is 5.41 Å². The van der Waals surface area contributed by atoms with Gasteiger partial charge in [-0.15, -0.1) is 5.10 Å². The predicted octanol–water partition coefficient (Wildman–Crippen LogP) is 2.79. The third kappa shape index (κ3) is 3.47. The first-order valence-electron chi connectivity index (χ1n) is 11.2. The Morgan fingerprint density at radius 2 is 2.07 bits per heavy atom. The Kier molecular flexibility index (Phi) is 6.01. The molecule has 2 unspecified atom stereocenters. The van der Waals surface area contributed by atoms with Crippen molar-refractivity contribution in [1.82, 2.24) is 25.2 Å². The first-order valence-corrected chi connectivity index (χ1v) is 11.2. The second-order valence-electron chi connectivity index (χ2n) is 8.70. The Morgan fingerprint density at radius 3 is 2.75 bits per heavy atom. The normalized spacial score (nSPS) is 27.1. The Hall–Kier alpha value is -1.47. The van der Waals surface area contributed by atoms with E-state index in [1.807, 2.05) is 10.9 Å². The highest BCUT2D eigenvalue weighted by atomic mass is 16.5. The van der Waals surface area contributed by atoms with E-state index in [0.717, 1.165) is 51.9 Å². The summed E-state index contributed by atoms with van der Waals surface area (Å²) in [4.78, 5) is 15.5. The molecule has 156 valence electrons. The predicted molar refractivity (Wildman–Crippen MR) is 107 cm³/mol. The number of aromatic nitrogens is 3. The summed E-state index contributed by atoms with van der Waals surface area (Å²) >= 11 is 0. The average Bonchev–Trinajstić information content (AvgIpc) is 3.41. The fourth-order valence-corrected chi connectivity index (χ4v) is 5.70. The molecule has 0 bridgehead atoms. The molecule has 1 aromatic rings. The zero-order valence-corrected chi connectivity index (χ0v) is 17.4. The average molecular weight is 390 g/mol. The Bertz CT molecular complexity index is 664. The molecule has 2 atom stereocenters. The number of carbonyl (C=O) groups excluding carboxylic acids is 1. The molecule has 4 rings (SSSR count). The summed E-state index contributed by atoms with van der Waals surface area (Å²) < 4.78 is 7.98. The molecule has 1 aliphatic heterocycles. The summed E-state index contributed by atoms with van der Waals surface area (Å²) in [5.74, 6) is 0.0493. The Labute approximate surface area is 168 Å². The van der Waals surface area contributed by atoms with E-state index in [4.69, 9.17) is 4.74 Å². The molecule has 1 spiro atoms. The van der Waals surface area contributed by atoms with Crippen molar-refractivity contribution in [3.05, 3.63) is 11.9 Å². The van der Waals surface area contributed by atoms with Gasteiger partial charge >= 0.3 is 0 Å². The van der Waals surface area contributed by atoms with Crippen LogP contribution in [-0.4, -0.2) is 64.2 Å². The van der Waals surface area contributed by atoms with Crippen LogP contribution in [0, 0.1) is 5.41 Å². The Balaban J connectivity index is 1.51. The molecule has 3 aliphatic rings. The van der Waals surface area contributed by atoms with Crippen molar-refractivity contribution in [1.29, 1.82) is 0 Å². The van der Waals surface area contributed by atoms with Crippen LogP contribution in [0.5, 0.6) is 0 Å². The molecule has 1 N–H and O–H groups in total. The van der Waals surface area contributed by atoms with Crippen LogP contribution in [0.4, 0.5) is 0 Å². The molecule has 28 heavy (non-hydrogen) atoms. The van der Waals surface area contributed by atoms with Crippen LogP contribution >= 0.6 is 0 Å². The molecular formula is C21H35N5O2. The third-order valence-electron chi connectivity index (χ3n) is 7.16. The molecule has 1 saturated heterocycles. The van der Waals surface area contributed by atoms with Crippen molar-refractivity contribution < 1.29 is 9.53 Å². The van der Waals surface area contributed by atoms with Gasteiger partial charge in [0.15, 0.2) is 5.69 Å². The molecule has 0 radical (unpaired) electrons. The number of nitrogens with zero attached hydrogens (tertiary/aromatic N) is 4. The second kappa shape index (κ2) is 8.49. The largest absolute Gasteiger partial charge is 0.378 e. The first-order chi connectivity index (χ1) is 13.7. The maximum atomic E-state index is 13.4. The van der Waals surface area contributed by atoms with E-state index in [0.29, 0.717) is 17.8 Å². The maximum absolute atomic E-state index is 13.4. The highest BCUT2D eigenvalue weighted by Gasteiger charge is 2.59. The monoisotopic (exact) mass is 389 g/mol. The summed E-state index contributed by atoms with van der Waals surface area (Å²) in [6, 6.07) is 0.630. The van der Waals surface area contributed by atoms with Crippen LogP contribution in [-0.2, 0) is 4.74 Å². The SMILES string of the molecule is CCCN(C(=O)c1cn(C2CCNCC2)nn1)C1CC(OCC)C12CCCC2. The van der Waals surface area contributed by atoms with Crippen molar-refractivity contribution in [2.75, 3.05) is 26.2 Å². The number of ether oxygens (including phenoxy) is 1. The van der Waals surface area contributed by atoms with Gasteiger partial charge in [0, 0.05) is 24.6 Å². The fraction of sp³-hybridized carbons (Fsp3) is 0.857. The van der Waals surface area contributed by atoms with Gasteiger partial charge in [-0.2, -0.15) is 0 Å². The minimum absolute atomic E-state index is 0.0493. The first kappa shape index (κ1) is 19.8. The van der Waals surface area contributed by atoms with Crippen molar-refractivity contribution in [3.8, 4) is 0 Å². The van der Waals surface area contributed by atoms with Crippen LogP contribution < -0.4 is 5.32 Å². The lowest BCUT2D eigenvalue weighted by molar-refractivity contribution is -0.156. The maximum Gasteiger partial charge on any atom is 0.276 e. The number of carbonyl (C=O) groups is 1. The van der Waals surface area contributed by atoms with E-state index in [9.17, 15) is 4.79 Å². The van der Waals surface area contributed by atoms with Crippen molar-refractivity contribution in [3.63, 3.8) is 0 Å². The van der Waals surface area contributed by atoms with Gasteiger partial charge in [0.1, 0.15) is 0 Å². The topological polar surface area (TPSA) is 72.3 Å². The summed E-state index contributed by atoms with van der Waals surface area (Å²) in [6.45, 7) is 7.75. The number of nitrogens with one attached hydrogen (secondary N) is 1. The van der Waals surface area contributed by atoms with E-state index < -0.39 is 0 Å². The summed E-state index contributed by atoms with van der Waals surface area (Å²) in [5.41, 5.74) is 0.659. The standard InChI is InChI=1S/C21H35N5O2/c1-3-13-25(18-14-19(28-4-2)21(18)9-5-6-10-21)20(27)17-15-26(24-23-17)16-7-11-22-12-8-16/h15-16,18-19,22H,3-14H2,1-2H3. The quantitative estimate of drug-likeness (QED) is 0.776.